The van der Waals surface area contributed by atoms with Crippen LogP contribution in [0.2, 0.25) is 0 Å². The maximum Gasteiger partial charge on any atom is 0.143 e. The molecular formula is C72H44O2. The van der Waals surface area contributed by atoms with Crippen LogP contribution in [0.4, 0.5) is 0 Å². The fourth-order valence-corrected chi connectivity index (χ4v) is 11.7. The largest absolute Gasteiger partial charge is 0.456 e. The van der Waals surface area contributed by atoms with Crippen molar-refractivity contribution in [3.05, 3.63) is 267 Å². The second kappa shape index (κ2) is 16.9. The van der Waals surface area contributed by atoms with Crippen LogP contribution in [-0.4, -0.2) is 0 Å². The third kappa shape index (κ3) is 6.88. The molecule has 0 radical (unpaired) electrons. The highest BCUT2D eigenvalue weighted by molar-refractivity contribution is 6.23. The summed E-state index contributed by atoms with van der Waals surface area (Å²) in [5.41, 5.74) is 17.6. The molecule has 0 aliphatic carbocycles. The predicted molar refractivity (Wildman–Crippen MR) is 312 cm³/mol. The van der Waals surface area contributed by atoms with Crippen molar-refractivity contribution in [2.75, 3.05) is 0 Å². The molecule has 0 aliphatic rings. The van der Waals surface area contributed by atoms with E-state index in [1.54, 1.807) is 0 Å². The Morgan fingerprint density at radius 3 is 1.41 bits per heavy atom. The molecule has 0 unspecified atom stereocenters. The molecule has 0 bridgehead atoms. The van der Waals surface area contributed by atoms with Crippen LogP contribution in [0.5, 0.6) is 0 Å². The van der Waals surface area contributed by atoms with Gasteiger partial charge in [0.1, 0.15) is 22.5 Å². The van der Waals surface area contributed by atoms with Crippen molar-refractivity contribution in [3.63, 3.8) is 0 Å². The van der Waals surface area contributed by atoms with Gasteiger partial charge in [0.05, 0.1) is 0 Å². The zero-order valence-corrected chi connectivity index (χ0v) is 40.2. The molecule has 0 atom stereocenters. The summed E-state index contributed by atoms with van der Waals surface area (Å²) < 4.78 is 13.1. The lowest BCUT2D eigenvalue weighted by Crippen LogP contribution is -1.93. The molecule has 0 saturated carbocycles. The minimum Gasteiger partial charge on any atom is -0.456 e. The van der Waals surface area contributed by atoms with Gasteiger partial charge in [-0.2, -0.15) is 0 Å². The molecule has 0 N–H and O–H groups in total. The maximum atomic E-state index is 6.77. The van der Waals surface area contributed by atoms with E-state index >= 15 is 0 Å². The van der Waals surface area contributed by atoms with E-state index in [9.17, 15) is 0 Å². The van der Waals surface area contributed by atoms with Crippen LogP contribution in [0.1, 0.15) is 0 Å². The van der Waals surface area contributed by atoms with Crippen LogP contribution in [0, 0.1) is 0 Å². The topological polar surface area (TPSA) is 26.3 Å². The normalized spacial score (nSPS) is 11.8. The SMILES string of the molecule is c1ccc(-c2oc3ccc(-c4ccc5c(-c6ccc7ccccc7c6)c6cc(-c7ccc8oc9ccccc9c8c7)ccc6c(-c6cccc(-c7cccc8ccccc78)c6)c5c4)cc3c2-c2ccccc2)cc1. The third-order valence-corrected chi connectivity index (χ3v) is 15.2. The van der Waals surface area contributed by atoms with E-state index in [0.717, 1.165) is 83.2 Å². The molecule has 0 fully saturated rings. The third-order valence-electron chi connectivity index (χ3n) is 15.2. The Bertz CT molecular complexity index is 4700. The van der Waals surface area contributed by atoms with Gasteiger partial charge < -0.3 is 8.83 Å². The second-order valence-electron chi connectivity index (χ2n) is 19.5. The number of hydrogen-bond donors (Lipinski definition) is 0. The molecule has 2 aromatic heterocycles. The summed E-state index contributed by atoms with van der Waals surface area (Å²) in [4.78, 5) is 0. The first kappa shape index (κ1) is 42.0. The number of rotatable bonds is 7. The maximum absolute atomic E-state index is 6.77. The van der Waals surface area contributed by atoms with Crippen molar-refractivity contribution in [1.29, 1.82) is 0 Å². The lowest BCUT2D eigenvalue weighted by Gasteiger charge is -2.20. The van der Waals surface area contributed by atoms with E-state index in [4.69, 9.17) is 8.83 Å². The highest BCUT2D eigenvalue weighted by Crippen LogP contribution is 2.49. The zero-order chi connectivity index (χ0) is 48.7. The zero-order valence-electron chi connectivity index (χ0n) is 40.2. The summed E-state index contributed by atoms with van der Waals surface area (Å²) in [7, 11) is 0. The molecular weight excluding hydrogens is 897 g/mol. The molecule has 13 aromatic carbocycles. The van der Waals surface area contributed by atoms with Crippen LogP contribution < -0.4 is 0 Å². The van der Waals surface area contributed by atoms with Gasteiger partial charge in [-0.3, -0.25) is 0 Å². The molecule has 2 nitrogen and oxygen atoms in total. The Labute approximate surface area is 427 Å². The van der Waals surface area contributed by atoms with E-state index in [1.807, 2.05) is 12.1 Å². The lowest BCUT2D eigenvalue weighted by molar-refractivity contribution is 0.632. The highest BCUT2D eigenvalue weighted by atomic mass is 16.3. The van der Waals surface area contributed by atoms with Crippen molar-refractivity contribution < 1.29 is 8.83 Å². The van der Waals surface area contributed by atoms with Gasteiger partial charge in [-0.05, 0) is 159 Å². The van der Waals surface area contributed by atoms with Crippen LogP contribution in [0.25, 0.3) is 154 Å². The fraction of sp³-hybridized carbons (Fsp3) is 0. The van der Waals surface area contributed by atoms with Gasteiger partial charge in [0.15, 0.2) is 0 Å². The quantitative estimate of drug-likeness (QED) is 0.149. The summed E-state index contributed by atoms with van der Waals surface area (Å²) in [6.07, 6.45) is 0. The van der Waals surface area contributed by atoms with Gasteiger partial charge in [0.25, 0.3) is 0 Å². The first-order valence-electron chi connectivity index (χ1n) is 25.4. The van der Waals surface area contributed by atoms with E-state index < -0.39 is 0 Å². The summed E-state index contributed by atoms with van der Waals surface area (Å²) in [5.74, 6) is 0.875. The van der Waals surface area contributed by atoms with Gasteiger partial charge in [0, 0.05) is 27.3 Å². The van der Waals surface area contributed by atoms with E-state index in [0.29, 0.717) is 0 Å². The van der Waals surface area contributed by atoms with Gasteiger partial charge in [0.2, 0.25) is 0 Å². The molecule has 0 aliphatic heterocycles. The monoisotopic (exact) mass is 940 g/mol. The average Bonchev–Trinajstić information content (AvgIpc) is 4.08. The summed E-state index contributed by atoms with van der Waals surface area (Å²) >= 11 is 0. The predicted octanol–water partition coefficient (Wildman–Crippen LogP) is 20.6. The summed E-state index contributed by atoms with van der Waals surface area (Å²) in [6, 6.07) is 97.1. The van der Waals surface area contributed by atoms with Gasteiger partial charge >= 0.3 is 0 Å². The lowest BCUT2D eigenvalue weighted by atomic mass is 9.83. The van der Waals surface area contributed by atoms with Crippen molar-refractivity contribution in [2.24, 2.45) is 0 Å². The van der Waals surface area contributed by atoms with E-state index in [-0.39, 0.29) is 0 Å². The van der Waals surface area contributed by atoms with E-state index in [1.165, 1.54) is 70.9 Å². The van der Waals surface area contributed by atoms with Crippen LogP contribution in [0.15, 0.2) is 276 Å². The number of para-hydroxylation sites is 1. The fourth-order valence-electron chi connectivity index (χ4n) is 11.7. The Morgan fingerprint density at radius 1 is 0.189 bits per heavy atom. The molecule has 2 heterocycles. The molecule has 74 heavy (non-hydrogen) atoms. The molecule has 0 spiro atoms. The Hall–Kier alpha value is -9.76. The van der Waals surface area contributed by atoms with Gasteiger partial charge in [-0.15, -0.1) is 0 Å². The highest BCUT2D eigenvalue weighted by Gasteiger charge is 2.22. The first-order chi connectivity index (χ1) is 36.7. The van der Waals surface area contributed by atoms with Crippen LogP contribution in [0.3, 0.4) is 0 Å². The minimum absolute atomic E-state index is 0.860. The standard InChI is InChI=1S/C72H44O2/c1-3-17-47(18-4-1)71-65-44-53(34-38-68(65)74-72(71)48-19-5-2-6-20-48)51-32-36-61-63(43-51)69(55-24-13-23-54(40-55)58-27-14-22-46-16-9-10-25-57(46)58)60-35-31-50(52-33-37-67-62(41-52)59-26-11-12-28-66(59)73-67)42-64(60)70(61)56-30-29-45-15-7-8-21-49(45)39-56/h1-44H. The minimum atomic E-state index is 0.860. The smallest absolute Gasteiger partial charge is 0.143 e. The Kier molecular flexibility index (Phi) is 9.61. The average molecular weight is 941 g/mol. The Balaban J connectivity index is 1.01. The second-order valence-corrected chi connectivity index (χ2v) is 19.5. The molecule has 15 aromatic rings. The molecule has 0 saturated heterocycles. The van der Waals surface area contributed by atoms with Crippen molar-refractivity contribution in [3.8, 4) is 78.1 Å². The summed E-state index contributed by atoms with van der Waals surface area (Å²) in [5, 5.41) is 13.0. The van der Waals surface area contributed by atoms with Crippen LogP contribution in [-0.2, 0) is 0 Å². The molecule has 0 amide bonds. The van der Waals surface area contributed by atoms with Crippen molar-refractivity contribution in [1.82, 2.24) is 0 Å². The van der Waals surface area contributed by atoms with Crippen LogP contribution >= 0.6 is 0 Å². The van der Waals surface area contributed by atoms with Gasteiger partial charge in [-0.25, -0.2) is 0 Å². The number of fused-ring (bicyclic) bond motifs is 8. The van der Waals surface area contributed by atoms with E-state index in [2.05, 4.69) is 255 Å². The van der Waals surface area contributed by atoms with Crippen molar-refractivity contribution in [2.45, 2.75) is 0 Å². The summed E-state index contributed by atoms with van der Waals surface area (Å²) in [6.45, 7) is 0. The molecule has 15 rings (SSSR count). The number of furan rings is 2. The first-order valence-corrected chi connectivity index (χ1v) is 25.4. The Morgan fingerprint density at radius 2 is 0.676 bits per heavy atom. The van der Waals surface area contributed by atoms with Gasteiger partial charge in [-0.1, -0.05) is 212 Å². The molecule has 344 valence electrons. The number of hydrogen-bond acceptors (Lipinski definition) is 2. The number of benzene rings is 13. The van der Waals surface area contributed by atoms with Crippen molar-refractivity contribution >= 4 is 76.0 Å². The molecule has 2 heteroatoms.